The second-order valence-corrected chi connectivity index (χ2v) is 9.97. The van der Waals surface area contributed by atoms with Gasteiger partial charge in [-0.05, 0) is 64.0 Å². The summed E-state index contributed by atoms with van der Waals surface area (Å²) in [5.74, 6) is 1.07. The van der Waals surface area contributed by atoms with Crippen molar-refractivity contribution in [2.24, 2.45) is 0 Å². The Balaban J connectivity index is 1.56. The third-order valence-electron chi connectivity index (χ3n) is 5.93. The maximum atomic E-state index is 12.2. The lowest BCUT2D eigenvalue weighted by atomic mass is 9.93. The number of ether oxygens (including phenoxy) is 1. The number of carbonyl (C=O) groups is 1. The predicted octanol–water partition coefficient (Wildman–Crippen LogP) is 4.18. The van der Waals surface area contributed by atoms with Crippen molar-refractivity contribution < 1.29 is 9.53 Å². The van der Waals surface area contributed by atoms with E-state index in [1.807, 2.05) is 6.92 Å². The monoisotopic (exact) mass is 466 g/mol. The van der Waals surface area contributed by atoms with Crippen LogP contribution in [0.15, 0.2) is 6.33 Å². The number of fused-ring (bicyclic) bond motifs is 3. The van der Waals surface area contributed by atoms with Gasteiger partial charge in [-0.1, -0.05) is 0 Å². The molecule has 0 aromatic carbocycles. The zero-order valence-corrected chi connectivity index (χ0v) is 18.8. The van der Waals surface area contributed by atoms with Crippen molar-refractivity contribution in [2.45, 2.75) is 69.9 Å². The van der Waals surface area contributed by atoms with Gasteiger partial charge in [0.05, 0.1) is 5.39 Å². The van der Waals surface area contributed by atoms with Crippen molar-refractivity contribution in [3.8, 4) is 5.88 Å². The first-order chi connectivity index (χ1) is 13.6. The van der Waals surface area contributed by atoms with E-state index in [0.717, 1.165) is 48.7 Å². The molecule has 0 saturated heterocycles. The zero-order valence-electron chi connectivity index (χ0n) is 16.4. The minimum absolute atomic E-state index is 0.122. The molecule has 28 heavy (non-hydrogen) atoms. The van der Waals surface area contributed by atoms with Gasteiger partial charge in [-0.25, -0.2) is 13.9 Å². The number of halogens is 1. The van der Waals surface area contributed by atoms with Crippen LogP contribution in [0.3, 0.4) is 0 Å². The SMILES string of the molecule is CCNC(=O)C[C@@H]1CCc2sc3ncnc(OC4CCC(N(C)Br)CC4)c3c21. The molecule has 8 heteroatoms. The smallest absolute Gasteiger partial charge is 0.225 e. The van der Waals surface area contributed by atoms with Crippen LogP contribution in [0.5, 0.6) is 5.88 Å². The van der Waals surface area contributed by atoms with Crippen LogP contribution in [-0.2, 0) is 11.2 Å². The number of nitrogens with one attached hydrogen (secondary N) is 1. The highest BCUT2D eigenvalue weighted by Gasteiger charge is 2.32. The zero-order chi connectivity index (χ0) is 19.7. The molecular weight excluding hydrogens is 440 g/mol. The fraction of sp³-hybridized carbons (Fsp3) is 0.650. The van der Waals surface area contributed by atoms with Crippen molar-refractivity contribution in [1.29, 1.82) is 0 Å². The quantitative estimate of drug-likeness (QED) is 0.646. The summed E-state index contributed by atoms with van der Waals surface area (Å²) in [6.07, 6.45) is 8.66. The summed E-state index contributed by atoms with van der Waals surface area (Å²) in [6, 6.07) is 0.567. The Hall–Kier alpha value is -1.25. The van der Waals surface area contributed by atoms with Gasteiger partial charge in [0.15, 0.2) is 0 Å². The molecule has 4 rings (SSSR count). The van der Waals surface area contributed by atoms with E-state index in [2.05, 4.69) is 42.4 Å². The first kappa shape index (κ1) is 20.0. The number of rotatable bonds is 6. The van der Waals surface area contributed by atoms with Crippen molar-refractivity contribution in [2.75, 3.05) is 13.6 Å². The third kappa shape index (κ3) is 4.04. The van der Waals surface area contributed by atoms with E-state index >= 15 is 0 Å². The topological polar surface area (TPSA) is 67.3 Å². The van der Waals surface area contributed by atoms with Crippen LogP contribution in [0, 0.1) is 0 Å². The second kappa shape index (κ2) is 8.63. The Kier molecular flexibility index (Phi) is 6.18. The molecule has 1 amide bonds. The van der Waals surface area contributed by atoms with E-state index in [0.29, 0.717) is 24.9 Å². The molecular formula is C20H27BrN4O2S. The van der Waals surface area contributed by atoms with Crippen molar-refractivity contribution in [3.05, 3.63) is 16.8 Å². The average molecular weight is 467 g/mol. The van der Waals surface area contributed by atoms with Gasteiger partial charge >= 0.3 is 0 Å². The molecule has 1 fully saturated rings. The summed E-state index contributed by atoms with van der Waals surface area (Å²) in [7, 11) is 2.07. The average Bonchev–Trinajstić information content (AvgIpc) is 3.22. The number of thiophene rings is 1. The number of hydrogen-bond acceptors (Lipinski definition) is 6. The fourth-order valence-electron chi connectivity index (χ4n) is 4.50. The molecule has 0 bridgehead atoms. The molecule has 2 aromatic rings. The lowest BCUT2D eigenvalue weighted by Crippen LogP contribution is -2.33. The maximum Gasteiger partial charge on any atom is 0.225 e. The molecule has 1 atom stereocenters. The summed E-state index contributed by atoms with van der Waals surface area (Å²) < 4.78 is 8.53. The molecule has 152 valence electrons. The van der Waals surface area contributed by atoms with E-state index in [1.54, 1.807) is 17.7 Å². The van der Waals surface area contributed by atoms with E-state index in [4.69, 9.17) is 4.74 Å². The van der Waals surface area contributed by atoms with Crippen molar-refractivity contribution in [1.82, 2.24) is 19.2 Å². The number of hydrogen-bond donors (Lipinski definition) is 1. The Morgan fingerprint density at radius 2 is 2.11 bits per heavy atom. The molecule has 0 radical (unpaired) electrons. The van der Waals surface area contributed by atoms with E-state index < -0.39 is 0 Å². The van der Waals surface area contributed by atoms with Gasteiger partial charge in [-0.15, -0.1) is 11.3 Å². The molecule has 0 spiro atoms. The number of nitrogens with zero attached hydrogens (tertiary/aromatic N) is 3. The van der Waals surface area contributed by atoms with Crippen LogP contribution in [0.25, 0.3) is 10.2 Å². The summed E-state index contributed by atoms with van der Waals surface area (Å²) in [5, 5.41) is 3.98. The molecule has 0 unspecified atom stereocenters. The molecule has 2 aromatic heterocycles. The molecule has 6 nitrogen and oxygen atoms in total. The van der Waals surface area contributed by atoms with Gasteiger partial charge in [0, 0.05) is 40.0 Å². The minimum atomic E-state index is 0.122. The molecule has 2 aliphatic carbocycles. The van der Waals surface area contributed by atoms with Crippen LogP contribution in [0.2, 0.25) is 0 Å². The predicted molar refractivity (Wildman–Crippen MR) is 115 cm³/mol. The summed E-state index contributed by atoms with van der Waals surface area (Å²) in [5.41, 5.74) is 1.26. The lowest BCUT2D eigenvalue weighted by Gasteiger charge is -2.31. The fourth-order valence-corrected chi connectivity index (χ4v) is 6.14. The van der Waals surface area contributed by atoms with Gasteiger partial charge in [0.2, 0.25) is 11.8 Å². The number of carbonyl (C=O) groups excluding carboxylic acids is 1. The standard InChI is InChI=1S/C20H27BrN4O2S/c1-3-22-16(26)10-12-4-9-15-17(12)18-19(23-11-24-20(18)28-15)27-14-7-5-13(6-8-14)25(2)21/h11-14H,3-10H2,1-2H3,(H,22,26)/t12-,13?,14?/m0/s1. The normalized spacial score (nSPS) is 24.5. The van der Waals surface area contributed by atoms with E-state index in [-0.39, 0.29) is 17.9 Å². The maximum absolute atomic E-state index is 12.2. The van der Waals surface area contributed by atoms with Gasteiger partial charge < -0.3 is 10.1 Å². The first-order valence-electron chi connectivity index (χ1n) is 10.1. The molecule has 2 aliphatic rings. The van der Waals surface area contributed by atoms with E-state index in [9.17, 15) is 4.79 Å². The second-order valence-electron chi connectivity index (χ2n) is 7.76. The number of aryl methyl sites for hydroxylation is 1. The molecule has 1 N–H and O–H groups in total. The third-order valence-corrected chi connectivity index (χ3v) is 7.68. The minimum Gasteiger partial charge on any atom is -0.474 e. The summed E-state index contributed by atoms with van der Waals surface area (Å²) in [4.78, 5) is 23.5. The van der Waals surface area contributed by atoms with Gasteiger partial charge in [0.1, 0.15) is 17.3 Å². The van der Waals surface area contributed by atoms with E-state index in [1.165, 1.54) is 10.4 Å². The Labute approximate surface area is 178 Å². The van der Waals surface area contributed by atoms with Crippen LogP contribution < -0.4 is 10.1 Å². The van der Waals surface area contributed by atoms with Gasteiger partial charge in [-0.2, -0.15) is 0 Å². The summed E-state index contributed by atoms with van der Waals surface area (Å²) in [6.45, 7) is 2.63. The van der Waals surface area contributed by atoms with Gasteiger partial charge in [-0.3, -0.25) is 4.79 Å². The van der Waals surface area contributed by atoms with Crippen molar-refractivity contribution >= 4 is 43.6 Å². The van der Waals surface area contributed by atoms with Gasteiger partial charge in [0.25, 0.3) is 0 Å². The Bertz CT molecular complexity index is 848. The lowest BCUT2D eigenvalue weighted by molar-refractivity contribution is -0.121. The first-order valence-corrected chi connectivity index (χ1v) is 11.7. The van der Waals surface area contributed by atoms with Crippen LogP contribution in [0.1, 0.15) is 61.8 Å². The number of aromatic nitrogens is 2. The highest BCUT2D eigenvalue weighted by molar-refractivity contribution is 9.07. The highest BCUT2D eigenvalue weighted by Crippen LogP contribution is 2.47. The number of amides is 1. The largest absolute Gasteiger partial charge is 0.474 e. The Morgan fingerprint density at radius 1 is 1.32 bits per heavy atom. The molecule has 0 aliphatic heterocycles. The van der Waals surface area contributed by atoms with Crippen LogP contribution >= 0.6 is 27.5 Å². The Morgan fingerprint density at radius 3 is 2.82 bits per heavy atom. The summed E-state index contributed by atoms with van der Waals surface area (Å²) >= 11 is 5.30. The van der Waals surface area contributed by atoms with Crippen LogP contribution in [-0.4, -0.2) is 45.5 Å². The highest BCUT2D eigenvalue weighted by atomic mass is 79.9. The van der Waals surface area contributed by atoms with Crippen LogP contribution in [0.4, 0.5) is 0 Å². The van der Waals surface area contributed by atoms with Crippen molar-refractivity contribution in [3.63, 3.8) is 0 Å². The molecule has 2 heterocycles. The molecule has 1 saturated carbocycles.